The number of benzene rings is 2. The van der Waals surface area contributed by atoms with Crippen LogP contribution in [-0.4, -0.2) is 66.5 Å². The Bertz CT molecular complexity index is 1250. The summed E-state index contributed by atoms with van der Waals surface area (Å²) in [5, 5.41) is -0.530. The van der Waals surface area contributed by atoms with E-state index in [1.165, 1.54) is 50.5 Å². The lowest BCUT2D eigenvalue weighted by Gasteiger charge is -2.29. The summed E-state index contributed by atoms with van der Waals surface area (Å²) in [5.74, 6) is 0.607. The van der Waals surface area contributed by atoms with E-state index in [1.54, 1.807) is 42.5 Å². The van der Waals surface area contributed by atoms with Crippen molar-refractivity contribution in [2.24, 2.45) is 0 Å². The highest BCUT2D eigenvalue weighted by Crippen LogP contribution is 2.40. The van der Waals surface area contributed by atoms with Crippen LogP contribution in [-0.2, 0) is 9.59 Å². The molecule has 2 saturated heterocycles. The first kappa shape index (κ1) is 27.7. The molecule has 2 aromatic carbocycles. The fourth-order valence-corrected chi connectivity index (χ4v) is 6.07. The van der Waals surface area contributed by atoms with Crippen molar-refractivity contribution in [1.82, 2.24) is 4.90 Å². The van der Waals surface area contributed by atoms with Gasteiger partial charge in [0.25, 0.3) is 0 Å². The Morgan fingerprint density at radius 2 is 1.63 bits per heavy atom. The first-order valence-corrected chi connectivity index (χ1v) is 13.6. The van der Waals surface area contributed by atoms with Crippen LogP contribution in [0.5, 0.6) is 17.2 Å². The van der Waals surface area contributed by atoms with E-state index >= 15 is 0 Å². The molecule has 10 heteroatoms. The van der Waals surface area contributed by atoms with Gasteiger partial charge in [-0.3, -0.25) is 14.4 Å². The van der Waals surface area contributed by atoms with Crippen LogP contribution in [0.15, 0.2) is 42.5 Å². The van der Waals surface area contributed by atoms with Crippen LogP contribution in [0.25, 0.3) is 6.08 Å². The molecule has 2 amide bonds. The molecule has 1 unspecified atom stereocenters. The Labute approximate surface area is 231 Å². The number of ketones is 1. The monoisotopic (exact) mass is 554 g/mol. The summed E-state index contributed by atoms with van der Waals surface area (Å²) in [6.45, 7) is 1.79. The Balaban J connectivity index is 1.44. The maximum Gasteiger partial charge on any atom is 0.247 e. The van der Waals surface area contributed by atoms with E-state index in [1.807, 2.05) is 0 Å². The SMILES string of the molecule is COc1ccc(/C=C/C(=O)c2ccc(N3C(=O)CC(SC(=S)N4CCCCC4)C3=O)cc2)c(OC)c1OC. The second-order valence-corrected chi connectivity index (χ2v) is 10.7. The minimum atomic E-state index is -0.530. The standard InChI is InChI=1S/C28H30N2O6S2/c1-34-22-14-10-19(25(35-2)26(22)36-3)9-13-21(31)18-7-11-20(12-8-18)30-24(32)17-23(27(30)33)38-28(37)29-15-5-4-6-16-29/h7-14,23H,4-6,15-17H2,1-3H3/b13-9+. The van der Waals surface area contributed by atoms with Gasteiger partial charge in [0, 0.05) is 30.6 Å². The highest BCUT2D eigenvalue weighted by Gasteiger charge is 2.41. The van der Waals surface area contributed by atoms with Gasteiger partial charge in [0.1, 0.15) is 9.57 Å². The number of carbonyl (C=O) groups excluding carboxylic acids is 3. The Morgan fingerprint density at radius 1 is 0.947 bits per heavy atom. The maximum absolute atomic E-state index is 13.1. The number of hydrogen-bond acceptors (Lipinski definition) is 8. The van der Waals surface area contributed by atoms with Crippen LogP contribution < -0.4 is 19.1 Å². The van der Waals surface area contributed by atoms with E-state index in [9.17, 15) is 14.4 Å². The largest absolute Gasteiger partial charge is 0.493 e. The van der Waals surface area contributed by atoms with E-state index in [0.29, 0.717) is 38.4 Å². The van der Waals surface area contributed by atoms with Gasteiger partial charge in [-0.1, -0.05) is 24.0 Å². The summed E-state index contributed by atoms with van der Waals surface area (Å²) >= 11 is 6.85. The predicted octanol–water partition coefficient (Wildman–Crippen LogP) is 4.74. The van der Waals surface area contributed by atoms with Crippen LogP contribution in [0, 0.1) is 0 Å². The van der Waals surface area contributed by atoms with E-state index < -0.39 is 5.25 Å². The molecule has 0 aromatic heterocycles. The first-order chi connectivity index (χ1) is 18.4. The third-order valence-electron chi connectivity index (χ3n) is 6.52. The van der Waals surface area contributed by atoms with Crippen molar-refractivity contribution in [2.45, 2.75) is 30.9 Å². The summed E-state index contributed by atoms with van der Waals surface area (Å²) in [4.78, 5) is 41.9. The topological polar surface area (TPSA) is 85.4 Å². The molecule has 0 aliphatic carbocycles. The molecule has 2 aliphatic rings. The van der Waals surface area contributed by atoms with Gasteiger partial charge < -0.3 is 19.1 Å². The van der Waals surface area contributed by atoms with Gasteiger partial charge in [0.05, 0.1) is 27.0 Å². The molecule has 38 heavy (non-hydrogen) atoms. The Hall–Kier alpha value is -3.37. The predicted molar refractivity (Wildman–Crippen MR) is 152 cm³/mol. The molecule has 2 heterocycles. The number of allylic oxidation sites excluding steroid dienone is 1. The number of nitrogens with zero attached hydrogens (tertiary/aromatic N) is 2. The van der Waals surface area contributed by atoms with Crippen molar-refractivity contribution in [2.75, 3.05) is 39.3 Å². The minimum Gasteiger partial charge on any atom is -0.493 e. The average molecular weight is 555 g/mol. The number of anilines is 1. The number of amides is 2. The number of piperidine rings is 1. The van der Waals surface area contributed by atoms with Crippen molar-refractivity contribution in [1.29, 1.82) is 0 Å². The molecule has 2 aromatic rings. The number of ether oxygens (including phenoxy) is 3. The van der Waals surface area contributed by atoms with Gasteiger partial charge in [0.15, 0.2) is 17.3 Å². The number of thiocarbonyl (C=S) groups is 1. The van der Waals surface area contributed by atoms with Gasteiger partial charge >= 0.3 is 0 Å². The molecular formula is C28H30N2O6S2. The fraction of sp³-hybridized carbons (Fsp3) is 0.357. The first-order valence-electron chi connectivity index (χ1n) is 12.3. The molecule has 0 N–H and O–H groups in total. The molecule has 0 spiro atoms. The van der Waals surface area contributed by atoms with Crippen molar-refractivity contribution in [3.63, 3.8) is 0 Å². The van der Waals surface area contributed by atoms with E-state index in [4.69, 9.17) is 26.4 Å². The van der Waals surface area contributed by atoms with Gasteiger partial charge in [-0.05, 0) is 67.8 Å². The summed E-state index contributed by atoms with van der Waals surface area (Å²) < 4.78 is 16.8. The maximum atomic E-state index is 13.1. The molecule has 200 valence electrons. The van der Waals surface area contributed by atoms with Gasteiger partial charge in [-0.15, -0.1) is 0 Å². The van der Waals surface area contributed by atoms with Crippen LogP contribution in [0.2, 0.25) is 0 Å². The van der Waals surface area contributed by atoms with Crippen LogP contribution in [0.3, 0.4) is 0 Å². The number of rotatable bonds is 8. The van der Waals surface area contributed by atoms with Gasteiger partial charge in [-0.2, -0.15) is 0 Å². The third-order valence-corrected chi connectivity index (χ3v) is 8.18. The zero-order valence-electron chi connectivity index (χ0n) is 21.6. The van der Waals surface area contributed by atoms with E-state index in [0.717, 1.165) is 25.9 Å². The second kappa shape index (κ2) is 12.4. The molecule has 2 aliphatic heterocycles. The van der Waals surface area contributed by atoms with Gasteiger partial charge in [0.2, 0.25) is 17.6 Å². The highest BCUT2D eigenvalue weighted by atomic mass is 32.2. The van der Waals surface area contributed by atoms with Crippen LogP contribution in [0.4, 0.5) is 5.69 Å². The zero-order chi connectivity index (χ0) is 27.2. The lowest BCUT2D eigenvalue weighted by Crippen LogP contribution is -2.35. The molecule has 8 nitrogen and oxygen atoms in total. The number of imide groups is 1. The van der Waals surface area contributed by atoms with Crippen LogP contribution in [0.1, 0.15) is 41.6 Å². The molecule has 0 radical (unpaired) electrons. The van der Waals surface area contributed by atoms with Crippen molar-refractivity contribution < 1.29 is 28.6 Å². The number of hydrogen-bond donors (Lipinski definition) is 0. The number of methoxy groups -OCH3 is 3. The highest BCUT2D eigenvalue weighted by molar-refractivity contribution is 8.23. The van der Waals surface area contributed by atoms with Crippen LogP contribution >= 0.6 is 24.0 Å². The zero-order valence-corrected chi connectivity index (χ0v) is 23.2. The van der Waals surface area contributed by atoms with Crippen molar-refractivity contribution in [3.05, 3.63) is 53.6 Å². The minimum absolute atomic E-state index is 0.105. The average Bonchev–Trinajstić information content (AvgIpc) is 3.23. The Kier molecular flexibility index (Phi) is 9.06. The molecule has 0 bridgehead atoms. The summed E-state index contributed by atoms with van der Waals surface area (Å²) in [5.41, 5.74) is 1.50. The quantitative estimate of drug-likeness (QED) is 0.199. The normalized spacial score (nSPS) is 17.7. The molecular weight excluding hydrogens is 524 g/mol. The smallest absolute Gasteiger partial charge is 0.247 e. The number of carbonyl (C=O) groups is 3. The lowest BCUT2D eigenvalue weighted by molar-refractivity contribution is -0.121. The molecule has 4 rings (SSSR count). The number of likely N-dealkylation sites (tertiary alicyclic amines) is 1. The molecule has 2 fully saturated rings. The summed E-state index contributed by atoms with van der Waals surface area (Å²) in [7, 11) is 4.56. The second-order valence-electron chi connectivity index (χ2n) is 8.86. The van der Waals surface area contributed by atoms with Crippen molar-refractivity contribution in [3.8, 4) is 17.2 Å². The fourth-order valence-electron chi connectivity index (χ4n) is 4.53. The molecule has 0 saturated carbocycles. The molecule has 1 atom stereocenters. The summed E-state index contributed by atoms with van der Waals surface area (Å²) in [6.07, 6.45) is 6.54. The third kappa shape index (κ3) is 5.86. The van der Waals surface area contributed by atoms with E-state index in [2.05, 4.69) is 4.90 Å². The number of thioether (sulfide) groups is 1. The summed E-state index contributed by atoms with van der Waals surface area (Å²) in [6, 6.07) is 9.94. The lowest BCUT2D eigenvalue weighted by atomic mass is 10.1. The van der Waals surface area contributed by atoms with Crippen molar-refractivity contribution >= 4 is 57.7 Å². The van der Waals surface area contributed by atoms with Gasteiger partial charge in [-0.25, -0.2) is 4.90 Å². The Morgan fingerprint density at radius 3 is 2.26 bits per heavy atom. The van der Waals surface area contributed by atoms with E-state index in [-0.39, 0.29) is 24.0 Å².